The number of thioether (sulfide) groups is 1. The largest absolute Gasteiger partial charge is 0.467 e. The summed E-state index contributed by atoms with van der Waals surface area (Å²) in [6.45, 7) is 3.02. The third-order valence-electron chi connectivity index (χ3n) is 2.15. The second kappa shape index (κ2) is 6.81. The summed E-state index contributed by atoms with van der Waals surface area (Å²) >= 11 is 7.80. The fourth-order valence-corrected chi connectivity index (χ4v) is 1.60. The Bertz CT molecular complexity index is 338. The Morgan fingerprint density at radius 2 is 2.38 bits per heavy atom. The summed E-state index contributed by atoms with van der Waals surface area (Å²) in [6, 6.07) is 0.324. The van der Waals surface area contributed by atoms with E-state index in [1.807, 2.05) is 11.8 Å². The van der Waals surface area contributed by atoms with Gasteiger partial charge in [0.1, 0.15) is 5.02 Å². The molecule has 1 heterocycles. The Morgan fingerprint density at radius 3 is 3.00 bits per heavy atom. The Kier molecular flexibility index (Phi) is 5.69. The molecule has 0 aliphatic heterocycles. The monoisotopic (exact) mass is 261 g/mol. The van der Waals surface area contributed by atoms with Gasteiger partial charge in [-0.15, -0.1) is 0 Å². The van der Waals surface area contributed by atoms with Crippen molar-refractivity contribution in [2.75, 3.05) is 25.2 Å². The average molecular weight is 262 g/mol. The molecule has 1 aromatic rings. The minimum Gasteiger partial charge on any atom is -0.467 e. The van der Waals surface area contributed by atoms with Crippen molar-refractivity contribution in [2.45, 2.75) is 18.6 Å². The predicted octanol–water partition coefficient (Wildman–Crippen LogP) is 2.69. The van der Waals surface area contributed by atoms with E-state index in [0.29, 0.717) is 22.1 Å². The number of anilines is 1. The maximum atomic E-state index is 5.95. The van der Waals surface area contributed by atoms with Gasteiger partial charge in [0.15, 0.2) is 5.82 Å². The fraction of sp³-hybridized carbons (Fsp3) is 0.600. The number of methoxy groups -OCH3 is 1. The van der Waals surface area contributed by atoms with Crippen LogP contribution in [0.1, 0.15) is 13.3 Å². The van der Waals surface area contributed by atoms with Crippen LogP contribution >= 0.6 is 23.4 Å². The molecule has 0 saturated heterocycles. The van der Waals surface area contributed by atoms with Crippen LogP contribution in [0.25, 0.3) is 0 Å². The van der Waals surface area contributed by atoms with Crippen LogP contribution in [-0.2, 0) is 0 Å². The summed E-state index contributed by atoms with van der Waals surface area (Å²) < 4.78 is 4.93. The zero-order chi connectivity index (χ0) is 12.0. The molecule has 0 aliphatic carbocycles. The van der Waals surface area contributed by atoms with Crippen molar-refractivity contribution in [1.82, 2.24) is 9.97 Å². The lowest BCUT2D eigenvalue weighted by atomic mass is 10.3. The van der Waals surface area contributed by atoms with E-state index in [1.54, 1.807) is 0 Å². The van der Waals surface area contributed by atoms with E-state index < -0.39 is 0 Å². The third-order valence-corrected chi connectivity index (χ3v) is 3.47. The number of aromatic nitrogens is 2. The number of hydrogen-bond donors (Lipinski definition) is 1. The van der Waals surface area contributed by atoms with Gasteiger partial charge in [-0.05, 0) is 12.7 Å². The maximum absolute atomic E-state index is 5.95. The SMILES string of the molecule is COc1ncc(Cl)c(NCCC(C)SC)n1. The van der Waals surface area contributed by atoms with E-state index in [9.17, 15) is 0 Å². The lowest BCUT2D eigenvalue weighted by molar-refractivity contribution is 0.380. The van der Waals surface area contributed by atoms with Crippen LogP contribution in [0.5, 0.6) is 6.01 Å². The molecule has 0 saturated carbocycles. The fourth-order valence-electron chi connectivity index (χ4n) is 1.08. The predicted molar refractivity (Wildman–Crippen MR) is 69.7 cm³/mol. The van der Waals surface area contributed by atoms with Crippen molar-refractivity contribution in [3.8, 4) is 6.01 Å². The van der Waals surface area contributed by atoms with Gasteiger partial charge in [-0.25, -0.2) is 4.98 Å². The molecule has 0 bridgehead atoms. The Labute approximate surface area is 105 Å². The average Bonchev–Trinajstić information content (AvgIpc) is 2.31. The summed E-state index contributed by atoms with van der Waals surface area (Å²) in [4.78, 5) is 8.04. The lowest BCUT2D eigenvalue weighted by Gasteiger charge is -2.10. The van der Waals surface area contributed by atoms with Crippen LogP contribution < -0.4 is 10.1 Å². The van der Waals surface area contributed by atoms with Crippen molar-refractivity contribution in [2.24, 2.45) is 0 Å². The third kappa shape index (κ3) is 4.06. The molecule has 1 N–H and O–H groups in total. The van der Waals surface area contributed by atoms with Gasteiger partial charge in [-0.3, -0.25) is 0 Å². The summed E-state index contributed by atoms with van der Waals surface area (Å²) in [5.41, 5.74) is 0. The minimum atomic E-state index is 0.324. The van der Waals surface area contributed by atoms with Gasteiger partial charge in [-0.2, -0.15) is 16.7 Å². The van der Waals surface area contributed by atoms with E-state index in [4.69, 9.17) is 16.3 Å². The van der Waals surface area contributed by atoms with Gasteiger partial charge < -0.3 is 10.1 Å². The first-order valence-electron chi connectivity index (χ1n) is 5.00. The molecule has 0 fully saturated rings. The van der Waals surface area contributed by atoms with E-state index in [-0.39, 0.29) is 0 Å². The molecule has 6 heteroatoms. The first-order chi connectivity index (χ1) is 7.67. The summed E-state index contributed by atoms with van der Waals surface area (Å²) in [6.07, 6.45) is 4.70. The number of nitrogens with one attached hydrogen (secondary N) is 1. The number of hydrogen-bond acceptors (Lipinski definition) is 5. The molecule has 16 heavy (non-hydrogen) atoms. The Morgan fingerprint density at radius 1 is 1.62 bits per heavy atom. The van der Waals surface area contributed by atoms with Gasteiger partial charge in [-0.1, -0.05) is 18.5 Å². The summed E-state index contributed by atoms with van der Waals surface area (Å²) in [5.74, 6) is 0.627. The quantitative estimate of drug-likeness (QED) is 0.853. The summed E-state index contributed by atoms with van der Waals surface area (Å²) in [7, 11) is 1.53. The highest BCUT2D eigenvalue weighted by Gasteiger charge is 2.05. The molecule has 0 amide bonds. The van der Waals surface area contributed by atoms with Gasteiger partial charge >= 0.3 is 6.01 Å². The molecule has 1 atom stereocenters. The van der Waals surface area contributed by atoms with Crippen LogP contribution in [0, 0.1) is 0 Å². The Balaban J connectivity index is 2.52. The number of ether oxygens (including phenoxy) is 1. The maximum Gasteiger partial charge on any atom is 0.318 e. The first-order valence-corrected chi connectivity index (χ1v) is 6.67. The second-order valence-electron chi connectivity index (χ2n) is 3.32. The van der Waals surface area contributed by atoms with E-state index in [1.165, 1.54) is 13.3 Å². The summed E-state index contributed by atoms with van der Waals surface area (Å²) in [5, 5.41) is 4.31. The molecule has 0 radical (unpaired) electrons. The van der Waals surface area contributed by atoms with E-state index in [2.05, 4.69) is 28.5 Å². The molecular formula is C10H16ClN3OS. The van der Waals surface area contributed by atoms with Crippen LogP contribution in [0.4, 0.5) is 5.82 Å². The molecule has 1 rings (SSSR count). The zero-order valence-electron chi connectivity index (χ0n) is 9.66. The zero-order valence-corrected chi connectivity index (χ0v) is 11.2. The van der Waals surface area contributed by atoms with Crippen molar-refractivity contribution in [3.05, 3.63) is 11.2 Å². The van der Waals surface area contributed by atoms with Crippen molar-refractivity contribution < 1.29 is 4.74 Å². The molecular weight excluding hydrogens is 246 g/mol. The minimum absolute atomic E-state index is 0.324. The highest BCUT2D eigenvalue weighted by molar-refractivity contribution is 7.99. The van der Waals surface area contributed by atoms with Gasteiger partial charge in [0.25, 0.3) is 0 Å². The second-order valence-corrected chi connectivity index (χ2v) is 5.00. The van der Waals surface area contributed by atoms with Crippen LogP contribution in [-0.4, -0.2) is 35.1 Å². The molecule has 90 valence electrons. The number of halogens is 1. The molecule has 1 unspecified atom stereocenters. The van der Waals surface area contributed by atoms with Gasteiger partial charge in [0, 0.05) is 11.8 Å². The molecule has 0 spiro atoms. The van der Waals surface area contributed by atoms with Gasteiger partial charge in [0.2, 0.25) is 0 Å². The Hall–Kier alpha value is -0.680. The van der Waals surface area contributed by atoms with Crippen LogP contribution in [0.3, 0.4) is 0 Å². The van der Waals surface area contributed by atoms with Crippen molar-refractivity contribution in [1.29, 1.82) is 0 Å². The lowest BCUT2D eigenvalue weighted by Crippen LogP contribution is -2.09. The molecule has 1 aromatic heterocycles. The molecule has 4 nitrogen and oxygen atoms in total. The number of rotatable bonds is 6. The van der Waals surface area contributed by atoms with Gasteiger partial charge in [0.05, 0.1) is 13.3 Å². The standard InChI is InChI=1S/C10H16ClN3OS/c1-7(16-3)4-5-12-9-8(11)6-13-10(14-9)15-2/h6-7H,4-5H2,1-3H3,(H,12,13,14). The smallest absolute Gasteiger partial charge is 0.318 e. The number of nitrogens with zero attached hydrogens (tertiary/aromatic N) is 2. The van der Waals surface area contributed by atoms with Crippen molar-refractivity contribution >= 4 is 29.2 Å². The van der Waals surface area contributed by atoms with E-state index in [0.717, 1.165) is 13.0 Å². The molecule has 0 aliphatic rings. The highest BCUT2D eigenvalue weighted by atomic mass is 35.5. The van der Waals surface area contributed by atoms with Crippen LogP contribution in [0.2, 0.25) is 5.02 Å². The normalized spacial score (nSPS) is 12.2. The van der Waals surface area contributed by atoms with Crippen LogP contribution in [0.15, 0.2) is 6.20 Å². The van der Waals surface area contributed by atoms with Crippen molar-refractivity contribution in [3.63, 3.8) is 0 Å². The van der Waals surface area contributed by atoms with E-state index >= 15 is 0 Å². The molecule has 0 aromatic carbocycles. The first kappa shape index (κ1) is 13.4. The topological polar surface area (TPSA) is 47.0 Å². The highest BCUT2D eigenvalue weighted by Crippen LogP contribution is 2.20.